The van der Waals surface area contributed by atoms with E-state index in [1.807, 2.05) is 0 Å². The lowest BCUT2D eigenvalue weighted by molar-refractivity contribution is -0.122. The first-order chi connectivity index (χ1) is 6.59. The molecule has 3 nitrogen and oxygen atoms in total. The van der Waals surface area contributed by atoms with Crippen molar-refractivity contribution in [3.63, 3.8) is 0 Å². The number of halogens is 2. The van der Waals surface area contributed by atoms with Crippen LogP contribution in [0.1, 0.15) is 12.8 Å². The van der Waals surface area contributed by atoms with Gasteiger partial charge in [0.1, 0.15) is 4.33 Å². The molecule has 2 atom stereocenters. The summed E-state index contributed by atoms with van der Waals surface area (Å²) in [5, 5.41) is 6.15. The number of amides is 1. The third kappa shape index (κ3) is 2.33. The zero-order valence-electron chi connectivity index (χ0n) is 7.85. The molecule has 1 amide bonds. The van der Waals surface area contributed by atoms with E-state index in [-0.39, 0.29) is 11.8 Å². The van der Waals surface area contributed by atoms with Gasteiger partial charge >= 0.3 is 0 Å². The lowest BCUT2D eigenvalue weighted by atomic mass is 10.1. The second-order valence-electron chi connectivity index (χ2n) is 4.12. The largest absolute Gasteiger partial charge is 0.355 e. The number of carbonyl (C=O) groups excluding carboxylic acids is 1. The molecule has 2 rings (SSSR count). The van der Waals surface area contributed by atoms with E-state index < -0.39 is 4.33 Å². The minimum Gasteiger partial charge on any atom is -0.355 e. The zero-order chi connectivity index (χ0) is 10.2. The summed E-state index contributed by atoms with van der Waals surface area (Å²) in [7, 11) is 0. The molecule has 0 aromatic heterocycles. The van der Waals surface area contributed by atoms with Gasteiger partial charge in [0.25, 0.3) is 0 Å². The fraction of sp³-hybridized carbons (Fsp3) is 0.889. The van der Waals surface area contributed by atoms with Crippen molar-refractivity contribution in [1.29, 1.82) is 0 Å². The van der Waals surface area contributed by atoms with Gasteiger partial charge in [-0.05, 0) is 31.8 Å². The van der Waals surface area contributed by atoms with Crippen LogP contribution in [0.5, 0.6) is 0 Å². The average Bonchev–Trinajstić information content (AvgIpc) is 2.61. The zero-order valence-corrected chi connectivity index (χ0v) is 9.37. The van der Waals surface area contributed by atoms with Gasteiger partial charge in [0.2, 0.25) is 5.91 Å². The highest BCUT2D eigenvalue weighted by Crippen LogP contribution is 2.53. The lowest BCUT2D eigenvalue weighted by Gasteiger charge is -2.09. The standard InChI is InChI=1S/C9H14Cl2N2O/c10-9(11)3-7(9)8(14)13-5-6-1-2-12-4-6/h6-7,12H,1-5H2,(H,13,14). The van der Waals surface area contributed by atoms with Gasteiger partial charge < -0.3 is 10.6 Å². The molecule has 1 saturated carbocycles. The Morgan fingerprint density at radius 1 is 1.57 bits per heavy atom. The van der Waals surface area contributed by atoms with Gasteiger partial charge in [0.05, 0.1) is 5.92 Å². The summed E-state index contributed by atoms with van der Waals surface area (Å²) in [5.74, 6) is 0.375. The SMILES string of the molecule is O=C(NCC1CCNC1)C1CC1(Cl)Cl. The molecule has 0 aromatic carbocycles. The van der Waals surface area contributed by atoms with E-state index in [1.165, 1.54) is 0 Å². The first kappa shape index (κ1) is 10.5. The Morgan fingerprint density at radius 2 is 2.29 bits per heavy atom. The molecule has 0 bridgehead atoms. The van der Waals surface area contributed by atoms with Crippen molar-refractivity contribution in [2.45, 2.75) is 17.2 Å². The molecule has 14 heavy (non-hydrogen) atoms. The molecular weight excluding hydrogens is 223 g/mol. The van der Waals surface area contributed by atoms with E-state index in [0.717, 1.165) is 26.1 Å². The van der Waals surface area contributed by atoms with Crippen molar-refractivity contribution in [1.82, 2.24) is 10.6 Å². The van der Waals surface area contributed by atoms with Crippen LogP contribution in [0.25, 0.3) is 0 Å². The fourth-order valence-corrected chi connectivity index (χ4v) is 2.26. The average molecular weight is 237 g/mol. The normalized spacial score (nSPS) is 34.1. The predicted molar refractivity (Wildman–Crippen MR) is 56.5 cm³/mol. The summed E-state index contributed by atoms with van der Waals surface area (Å²) in [6.07, 6.45) is 1.72. The Bertz CT molecular complexity index is 239. The van der Waals surface area contributed by atoms with Crippen molar-refractivity contribution in [2.75, 3.05) is 19.6 Å². The number of alkyl halides is 2. The molecule has 1 saturated heterocycles. The van der Waals surface area contributed by atoms with Gasteiger partial charge in [0, 0.05) is 6.54 Å². The van der Waals surface area contributed by atoms with Crippen LogP contribution in [0.4, 0.5) is 0 Å². The minimum absolute atomic E-state index is 0.00176. The summed E-state index contributed by atoms with van der Waals surface area (Å²) in [4.78, 5) is 11.5. The Hall–Kier alpha value is 0.01000. The molecule has 80 valence electrons. The van der Waals surface area contributed by atoms with Crippen LogP contribution in [-0.2, 0) is 4.79 Å². The van der Waals surface area contributed by atoms with Crippen LogP contribution in [-0.4, -0.2) is 29.9 Å². The van der Waals surface area contributed by atoms with E-state index in [2.05, 4.69) is 10.6 Å². The van der Waals surface area contributed by atoms with E-state index >= 15 is 0 Å². The van der Waals surface area contributed by atoms with Crippen LogP contribution in [0, 0.1) is 11.8 Å². The predicted octanol–water partition coefficient (Wildman–Crippen LogP) is 0.906. The van der Waals surface area contributed by atoms with Crippen molar-refractivity contribution in [3.8, 4) is 0 Å². The topological polar surface area (TPSA) is 41.1 Å². The Morgan fingerprint density at radius 3 is 2.79 bits per heavy atom. The number of nitrogens with one attached hydrogen (secondary N) is 2. The van der Waals surface area contributed by atoms with Gasteiger partial charge in [-0.3, -0.25) is 4.79 Å². The Labute approximate surface area is 93.5 Å². The molecule has 2 unspecified atom stereocenters. The lowest BCUT2D eigenvalue weighted by Crippen LogP contribution is -2.32. The van der Waals surface area contributed by atoms with Crippen molar-refractivity contribution in [2.24, 2.45) is 11.8 Å². The summed E-state index contributed by atoms with van der Waals surface area (Å²) >= 11 is 11.6. The van der Waals surface area contributed by atoms with E-state index in [1.54, 1.807) is 0 Å². The molecule has 2 aliphatic rings. The second-order valence-corrected chi connectivity index (χ2v) is 5.66. The van der Waals surface area contributed by atoms with Gasteiger partial charge in [-0.15, -0.1) is 23.2 Å². The first-order valence-electron chi connectivity index (χ1n) is 4.96. The monoisotopic (exact) mass is 236 g/mol. The van der Waals surface area contributed by atoms with E-state index in [0.29, 0.717) is 12.3 Å². The molecule has 1 aliphatic heterocycles. The summed E-state index contributed by atoms with van der Waals surface area (Å²) < 4.78 is -0.794. The molecule has 5 heteroatoms. The number of rotatable bonds is 3. The molecule has 1 heterocycles. The fourth-order valence-electron chi connectivity index (χ4n) is 1.75. The Kier molecular flexibility index (Phi) is 2.91. The molecule has 0 spiro atoms. The number of carbonyl (C=O) groups is 1. The molecular formula is C9H14Cl2N2O. The van der Waals surface area contributed by atoms with Crippen LogP contribution >= 0.6 is 23.2 Å². The first-order valence-corrected chi connectivity index (χ1v) is 5.71. The van der Waals surface area contributed by atoms with Gasteiger partial charge in [-0.2, -0.15) is 0 Å². The van der Waals surface area contributed by atoms with Crippen LogP contribution in [0.2, 0.25) is 0 Å². The molecule has 2 fully saturated rings. The van der Waals surface area contributed by atoms with Crippen molar-refractivity contribution < 1.29 is 4.79 Å². The summed E-state index contributed by atoms with van der Waals surface area (Å²) in [6.45, 7) is 2.79. The Balaban J connectivity index is 1.68. The quantitative estimate of drug-likeness (QED) is 0.716. The number of hydrogen-bond donors (Lipinski definition) is 2. The van der Waals surface area contributed by atoms with Crippen molar-refractivity contribution in [3.05, 3.63) is 0 Å². The molecule has 0 radical (unpaired) electrons. The van der Waals surface area contributed by atoms with Crippen LogP contribution < -0.4 is 10.6 Å². The highest BCUT2D eigenvalue weighted by molar-refractivity contribution is 6.52. The highest BCUT2D eigenvalue weighted by Gasteiger charge is 2.56. The van der Waals surface area contributed by atoms with E-state index in [9.17, 15) is 4.79 Å². The molecule has 1 aliphatic carbocycles. The molecule has 0 aromatic rings. The van der Waals surface area contributed by atoms with Crippen molar-refractivity contribution >= 4 is 29.1 Å². The smallest absolute Gasteiger partial charge is 0.226 e. The maximum absolute atomic E-state index is 11.5. The summed E-state index contributed by atoms with van der Waals surface area (Å²) in [5.41, 5.74) is 0. The maximum atomic E-state index is 11.5. The van der Waals surface area contributed by atoms with Gasteiger partial charge in [0.15, 0.2) is 0 Å². The maximum Gasteiger partial charge on any atom is 0.226 e. The third-order valence-electron chi connectivity index (χ3n) is 2.87. The van der Waals surface area contributed by atoms with Gasteiger partial charge in [-0.1, -0.05) is 0 Å². The number of hydrogen-bond acceptors (Lipinski definition) is 2. The molecule has 2 N–H and O–H groups in total. The second kappa shape index (κ2) is 3.87. The highest BCUT2D eigenvalue weighted by atomic mass is 35.5. The van der Waals surface area contributed by atoms with E-state index in [4.69, 9.17) is 23.2 Å². The van der Waals surface area contributed by atoms with Gasteiger partial charge in [-0.25, -0.2) is 0 Å². The minimum atomic E-state index is -0.794. The third-order valence-corrected chi connectivity index (χ3v) is 3.71. The van der Waals surface area contributed by atoms with Crippen LogP contribution in [0.3, 0.4) is 0 Å². The summed E-state index contributed by atoms with van der Waals surface area (Å²) in [6, 6.07) is 0. The van der Waals surface area contributed by atoms with Crippen LogP contribution in [0.15, 0.2) is 0 Å².